The van der Waals surface area contributed by atoms with Crippen LogP contribution in [0.3, 0.4) is 0 Å². The van der Waals surface area contributed by atoms with E-state index in [0.717, 1.165) is 0 Å². The van der Waals surface area contributed by atoms with Gasteiger partial charge in [-0.3, -0.25) is 14.9 Å². The van der Waals surface area contributed by atoms with Crippen molar-refractivity contribution >= 4 is 11.7 Å². The van der Waals surface area contributed by atoms with Gasteiger partial charge in [-0.2, -0.15) is 5.26 Å². The number of hydrogen-bond acceptors (Lipinski definition) is 5. The molecule has 6 nitrogen and oxygen atoms in total. The summed E-state index contributed by atoms with van der Waals surface area (Å²) in [6.45, 7) is 3.22. The van der Waals surface area contributed by atoms with Gasteiger partial charge in [0.15, 0.2) is 5.41 Å². The summed E-state index contributed by atoms with van der Waals surface area (Å²) in [7, 11) is 0. The van der Waals surface area contributed by atoms with Gasteiger partial charge in [-0.25, -0.2) is 0 Å². The third-order valence-corrected chi connectivity index (χ3v) is 2.71. The van der Waals surface area contributed by atoms with Gasteiger partial charge in [-0.1, -0.05) is 18.2 Å². The van der Waals surface area contributed by atoms with Gasteiger partial charge in [-0.15, -0.1) is 0 Å². The van der Waals surface area contributed by atoms with Crippen molar-refractivity contribution in [1.82, 2.24) is 0 Å². The van der Waals surface area contributed by atoms with Crippen molar-refractivity contribution in [2.75, 3.05) is 6.61 Å². The van der Waals surface area contributed by atoms with Gasteiger partial charge in [0.05, 0.1) is 17.6 Å². The van der Waals surface area contributed by atoms with E-state index >= 15 is 0 Å². The lowest BCUT2D eigenvalue weighted by Crippen LogP contribution is -2.31. The van der Waals surface area contributed by atoms with Crippen molar-refractivity contribution in [3.8, 4) is 6.07 Å². The maximum atomic E-state index is 11.8. The second-order valence-corrected chi connectivity index (χ2v) is 4.23. The normalized spacial score (nSPS) is 13.1. The molecule has 0 radical (unpaired) electrons. The molecule has 0 spiro atoms. The van der Waals surface area contributed by atoms with Gasteiger partial charge in [0.2, 0.25) is 0 Å². The molecule has 0 heterocycles. The van der Waals surface area contributed by atoms with E-state index in [4.69, 9.17) is 10.00 Å². The van der Waals surface area contributed by atoms with E-state index < -0.39 is 16.3 Å². The third-order valence-electron chi connectivity index (χ3n) is 2.71. The summed E-state index contributed by atoms with van der Waals surface area (Å²) in [5.74, 6) is -0.671. The summed E-state index contributed by atoms with van der Waals surface area (Å²) in [4.78, 5) is 22.1. The van der Waals surface area contributed by atoms with Crippen molar-refractivity contribution in [2.45, 2.75) is 20.3 Å². The number of carbonyl (C=O) groups excluding carboxylic acids is 1. The quantitative estimate of drug-likeness (QED) is 0.460. The number of benzene rings is 1. The molecule has 0 saturated carbocycles. The first kappa shape index (κ1) is 14.6. The molecule has 0 bridgehead atoms. The average Bonchev–Trinajstić information content (AvgIpc) is 2.39. The largest absolute Gasteiger partial charge is 0.465 e. The zero-order valence-corrected chi connectivity index (χ0v) is 10.8. The molecule has 100 valence electrons. The standard InChI is InChI=1S/C13H14N2O4/c1-3-19-12(16)13(2,9-14)8-10-6-4-5-7-11(10)15(17)18/h4-7H,3,8H2,1-2H3. The Bertz CT molecular complexity index is 536. The summed E-state index contributed by atoms with van der Waals surface area (Å²) in [6, 6.07) is 7.93. The van der Waals surface area contributed by atoms with E-state index in [2.05, 4.69) is 0 Å². The van der Waals surface area contributed by atoms with Gasteiger partial charge >= 0.3 is 5.97 Å². The van der Waals surface area contributed by atoms with Crippen molar-refractivity contribution in [3.63, 3.8) is 0 Å². The molecule has 0 amide bonds. The van der Waals surface area contributed by atoms with E-state index in [1.54, 1.807) is 13.0 Å². The molecule has 0 aromatic heterocycles. The van der Waals surface area contributed by atoms with Crippen LogP contribution >= 0.6 is 0 Å². The predicted octanol–water partition coefficient (Wildman–Crippen LogP) is 2.23. The van der Waals surface area contributed by atoms with Crippen molar-refractivity contribution in [2.24, 2.45) is 5.41 Å². The number of carbonyl (C=O) groups is 1. The van der Waals surface area contributed by atoms with Crippen molar-refractivity contribution in [3.05, 3.63) is 39.9 Å². The van der Waals surface area contributed by atoms with E-state index in [1.807, 2.05) is 6.07 Å². The van der Waals surface area contributed by atoms with Crippen LogP contribution in [0.2, 0.25) is 0 Å². The Morgan fingerprint density at radius 3 is 2.68 bits per heavy atom. The molecule has 1 unspecified atom stereocenters. The number of hydrogen-bond donors (Lipinski definition) is 0. The first-order chi connectivity index (χ1) is 8.94. The molecule has 0 fully saturated rings. The zero-order chi connectivity index (χ0) is 14.5. The van der Waals surface area contributed by atoms with Crippen LogP contribution in [-0.4, -0.2) is 17.5 Å². The van der Waals surface area contributed by atoms with Crippen LogP contribution in [0.1, 0.15) is 19.4 Å². The second kappa shape index (κ2) is 5.96. The molecule has 1 aromatic rings. The van der Waals surface area contributed by atoms with Gasteiger partial charge < -0.3 is 4.74 Å². The molecule has 0 saturated heterocycles. The number of para-hydroxylation sites is 1. The van der Waals surface area contributed by atoms with E-state index in [0.29, 0.717) is 5.56 Å². The molecule has 0 aliphatic carbocycles. The third kappa shape index (κ3) is 3.28. The summed E-state index contributed by atoms with van der Waals surface area (Å²) in [5, 5.41) is 20.1. The molecule has 19 heavy (non-hydrogen) atoms. The number of ether oxygens (including phenoxy) is 1. The Balaban J connectivity index is 3.09. The number of nitro groups is 1. The fourth-order valence-corrected chi connectivity index (χ4v) is 1.67. The minimum atomic E-state index is -1.43. The monoisotopic (exact) mass is 262 g/mol. The van der Waals surface area contributed by atoms with Crippen LogP contribution in [0.4, 0.5) is 5.69 Å². The molecule has 1 atom stereocenters. The van der Waals surface area contributed by atoms with E-state index in [9.17, 15) is 14.9 Å². The predicted molar refractivity (Wildman–Crippen MR) is 67.2 cm³/mol. The van der Waals surface area contributed by atoms with Crippen LogP contribution in [0.5, 0.6) is 0 Å². The maximum absolute atomic E-state index is 11.8. The first-order valence-corrected chi connectivity index (χ1v) is 5.75. The number of nitrogens with zero attached hydrogens (tertiary/aromatic N) is 2. The average molecular weight is 262 g/mol. The second-order valence-electron chi connectivity index (χ2n) is 4.23. The smallest absolute Gasteiger partial charge is 0.326 e. The van der Waals surface area contributed by atoms with Crippen LogP contribution in [-0.2, 0) is 16.0 Å². The minimum Gasteiger partial charge on any atom is -0.465 e. The van der Waals surface area contributed by atoms with Crippen molar-refractivity contribution < 1.29 is 14.5 Å². The summed E-state index contributed by atoms with van der Waals surface area (Å²) in [6.07, 6.45) is -0.0561. The Hall–Kier alpha value is -2.42. The number of rotatable bonds is 5. The molecule has 1 rings (SSSR count). The Kier molecular flexibility index (Phi) is 4.59. The highest BCUT2D eigenvalue weighted by Gasteiger charge is 2.37. The lowest BCUT2D eigenvalue weighted by Gasteiger charge is -2.19. The summed E-state index contributed by atoms with van der Waals surface area (Å²) >= 11 is 0. The molecule has 6 heteroatoms. The van der Waals surface area contributed by atoms with Crippen LogP contribution in [0.15, 0.2) is 24.3 Å². The fourth-order valence-electron chi connectivity index (χ4n) is 1.67. The lowest BCUT2D eigenvalue weighted by atomic mass is 9.84. The van der Waals surface area contributed by atoms with Gasteiger partial charge in [0.1, 0.15) is 0 Å². The van der Waals surface area contributed by atoms with Gasteiger partial charge in [0.25, 0.3) is 5.69 Å². The zero-order valence-electron chi connectivity index (χ0n) is 10.8. The van der Waals surface area contributed by atoms with Crippen LogP contribution in [0, 0.1) is 26.9 Å². The van der Waals surface area contributed by atoms with E-state index in [1.165, 1.54) is 25.1 Å². The molecule has 0 aliphatic heterocycles. The molecular formula is C13H14N2O4. The molecule has 0 N–H and O–H groups in total. The van der Waals surface area contributed by atoms with Crippen molar-refractivity contribution in [1.29, 1.82) is 5.26 Å². The fraction of sp³-hybridized carbons (Fsp3) is 0.385. The van der Waals surface area contributed by atoms with Gasteiger partial charge in [0, 0.05) is 18.1 Å². The van der Waals surface area contributed by atoms with Gasteiger partial charge in [-0.05, 0) is 13.8 Å². The first-order valence-electron chi connectivity index (χ1n) is 5.75. The highest BCUT2D eigenvalue weighted by molar-refractivity contribution is 5.80. The molecule has 0 aliphatic rings. The molecule has 1 aromatic carbocycles. The van der Waals surface area contributed by atoms with Crippen LogP contribution < -0.4 is 0 Å². The summed E-state index contributed by atoms with van der Waals surface area (Å²) < 4.78 is 4.84. The Morgan fingerprint density at radius 1 is 1.53 bits per heavy atom. The molecular weight excluding hydrogens is 248 g/mol. The Labute approximate surface area is 110 Å². The van der Waals surface area contributed by atoms with E-state index in [-0.39, 0.29) is 18.7 Å². The highest BCUT2D eigenvalue weighted by Crippen LogP contribution is 2.28. The number of esters is 1. The topological polar surface area (TPSA) is 93.2 Å². The Morgan fingerprint density at radius 2 is 2.16 bits per heavy atom. The SMILES string of the molecule is CCOC(=O)C(C)(C#N)Cc1ccccc1[N+](=O)[O-]. The minimum absolute atomic E-state index is 0.0561. The van der Waals surface area contributed by atoms with Crippen LogP contribution in [0.25, 0.3) is 0 Å². The number of nitriles is 1. The lowest BCUT2D eigenvalue weighted by molar-refractivity contribution is -0.385. The highest BCUT2D eigenvalue weighted by atomic mass is 16.6. The summed E-state index contributed by atoms with van der Waals surface area (Å²) in [5.41, 5.74) is -1.19. The number of nitro benzene ring substituents is 1. The maximum Gasteiger partial charge on any atom is 0.326 e.